The van der Waals surface area contributed by atoms with Crippen LogP contribution in [0.4, 0.5) is 5.69 Å². The second kappa shape index (κ2) is 8.90. The van der Waals surface area contributed by atoms with E-state index in [1.165, 1.54) is 5.56 Å². The molecular formula is C22H23NO2. The minimum Gasteiger partial charge on any atom is -0.457 e. The van der Waals surface area contributed by atoms with Crippen LogP contribution in [-0.2, 0) is 13.0 Å². The largest absolute Gasteiger partial charge is 0.457 e. The van der Waals surface area contributed by atoms with Gasteiger partial charge in [0.15, 0.2) is 0 Å². The molecule has 0 fully saturated rings. The maximum Gasteiger partial charge on any atom is 0.127 e. The van der Waals surface area contributed by atoms with Crippen molar-refractivity contribution in [2.75, 3.05) is 11.9 Å². The fourth-order valence-electron chi connectivity index (χ4n) is 2.62. The molecule has 0 aliphatic rings. The molecule has 3 nitrogen and oxygen atoms in total. The summed E-state index contributed by atoms with van der Waals surface area (Å²) in [5.41, 5.74) is 3.50. The van der Waals surface area contributed by atoms with Crippen molar-refractivity contribution in [2.24, 2.45) is 0 Å². The topological polar surface area (TPSA) is 41.5 Å². The van der Waals surface area contributed by atoms with Crippen LogP contribution in [0.1, 0.15) is 17.5 Å². The summed E-state index contributed by atoms with van der Waals surface area (Å²) in [4.78, 5) is 0. The Morgan fingerprint density at radius 1 is 0.760 bits per heavy atom. The smallest absolute Gasteiger partial charge is 0.127 e. The Balaban J connectivity index is 1.57. The summed E-state index contributed by atoms with van der Waals surface area (Å²) in [6.07, 6.45) is 1.72. The lowest BCUT2D eigenvalue weighted by Crippen LogP contribution is -2.00. The zero-order chi connectivity index (χ0) is 17.3. The van der Waals surface area contributed by atoms with Gasteiger partial charge in [0.25, 0.3) is 0 Å². The van der Waals surface area contributed by atoms with Crippen molar-refractivity contribution in [3.63, 3.8) is 0 Å². The molecule has 0 aliphatic heterocycles. The quantitative estimate of drug-likeness (QED) is 0.608. The lowest BCUT2D eigenvalue weighted by molar-refractivity contribution is 0.288. The van der Waals surface area contributed by atoms with Gasteiger partial charge in [0, 0.05) is 18.8 Å². The summed E-state index contributed by atoms with van der Waals surface area (Å²) in [6, 6.07) is 26.3. The zero-order valence-corrected chi connectivity index (χ0v) is 14.2. The minimum atomic E-state index is 0.237. The third kappa shape index (κ3) is 5.37. The fourth-order valence-corrected chi connectivity index (χ4v) is 2.62. The van der Waals surface area contributed by atoms with Gasteiger partial charge in [0.05, 0.1) is 0 Å². The van der Waals surface area contributed by atoms with Gasteiger partial charge in [0.1, 0.15) is 11.5 Å². The first kappa shape index (κ1) is 17.1. The van der Waals surface area contributed by atoms with Gasteiger partial charge >= 0.3 is 0 Å². The number of benzene rings is 3. The predicted octanol–water partition coefficient (Wildman–Crippen LogP) is 5.02. The van der Waals surface area contributed by atoms with E-state index in [9.17, 15) is 0 Å². The van der Waals surface area contributed by atoms with Gasteiger partial charge in [0.2, 0.25) is 0 Å². The number of hydrogen-bond acceptors (Lipinski definition) is 3. The van der Waals surface area contributed by atoms with Gasteiger partial charge in [-0.05, 0) is 60.4 Å². The number of nitrogens with one attached hydrogen (secondary N) is 1. The first-order chi connectivity index (χ1) is 12.3. The second-order valence-corrected chi connectivity index (χ2v) is 5.94. The van der Waals surface area contributed by atoms with Gasteiger partial charge in [-0.1, -0.05) is 42.5 Å². The van der Waals surface area contributed by atoms with Crippen LogP contribution >= 0.6 is 0 Å². The molecule has 3 aromatic carbocycles. The van der Waals surface area contributed by atoms with Gasteiger partial charge < -0.3 is 15.2 Å². The molecule has 0 amide bonds. The molecule has 0 spiro atoms. The average Bonchev–Trinajstić information content (AvgIpc) is 2.67. The van der Waals surface area contributed by atoms with E-state index in [-0.39, 0.29) is 6.61 Å². The number of para-hydroxylation sites is 1. The Labute approximate surface area is 148 Å². The number of anilines is 1. The van der Waals surface area contributed by atoms with E-state index >= 15 is 0 Å². The molecule has 0 unspecified atom stereocenters. The van der Waals surface area contributed by atoms with Crippen molar-refractivity contribution in [2.45, 2.75) is 19.4 Å². The van der Waals surface area contributed by atoms with Crippen molar-refractivity contribution in [1.29, 1.82) is 0 Å². The average molecular weight is 333 g/mol. The number of ether oxygens (including phenoxy) is 1. The van der Waals surface area contributed by atoms with Crippen molar-refractivity contribution < 1.29 is 9.84 Å². The Bertz CT molecular complexity index is 770. The van der Waals surface area contributed by atoms with Crippen LogP contribution in [0.25, 0.3) is 0 Å². The van der Waals surface area contributed by atoms with E-state index in [2.05, 4.69) is 41.7 Å². The molecule has 0 saturated heterocycles. The lowest BCUT2D eigenvalue weighted by Gasteiger charge is -2.10. The van der Waals surface area contributed by atoms with Crippen molar-refractivity contribution in [1.82, 2.24) is 0 Å². The first-order valence-corrected chi connectivity index (χ1v) is 8.59. The first-order valence-electron chi connectivity index (χ1n) is 8.59. The van der Waals surface area contributed by atoms with Crippen molar-refractivity contribution >= 4 is 5.69 Å². The number of rotatable bonds is 8. The lowest BCUT2D eigenvalue weighted by atomic mass is 10.1. The van der Waals surface area contributed by atoms with E-state index in [4.69, 9.17) is 9.84 Å². The van der Waals surface area contributed by atoms with Crippen LogP contribution < -0.4 is 10.1 Å². The van der Waals surface area contributed by atoms with Gasteiger partial charge in [-0.2, -0.15) is 0 Å². The van der Waals surface area contributed by atoms with Crippen LogP contribution in [0.3, 0.4) is 0 Å². The van der Waals surface area contributed by atoms with E-state index in [1.807, 2.05) is 42.5 Å². The summed E-state index contributed by atoms with van der Waals surface area (Å²) in [5, 5.41) is 12.3. The van der Waals surface area contributed by atoms with E-state index in [0.717, 1.165) is 42.1 Å². The monoisotopic (exact) mass is 333 g/mol. The maximum absolute atomic E-state index is 8.89. The molecule has 0 aliphatic carbocycles. The van der Waals surface area contributed by atoms with Gasteiger partial charge in [-0.15, -0.1) is 0 Å². The molecule has 3 aromatic rings. The summed E-state index contributed by atoms with van der Waals surface area (Å²) in [5.74, 6) is 1.68. The van der Waals surface area contributed by atoms with Gasteiger partial charge in [-0.3, -0.25) is 0 Å². The van der Waals surface area contributed by atoms with Crippen LogP contribution in [-0.4, -0.2) is 11.7 Å². The minimum absolute atomic E-state index is 0.237. The molecule has 0 atom stereocenters. The van der Waals surface area contributed by atoms with Crippen LogP contribution in [0, 0.1) is 0 Å². The Morgan fingerprint density at radius 3 is 2.28 bits per heavy atom. The highest BCUT2D eigenvalue weighted by molar-refractivity contribution is 5.45. The molecule has 0 saturated carbocycles. The number of hydrogen-bond donors (Lipinski definition) is 2. The maximum atomic E-state index is 8.89. The molecule has 128 valence electrons. The molecule has 3 rings (SSSR count). The van der Waals surface area contributed by atoms with Crippen molar-refractivity contribution in [3.8, 4) is 11.5 Å². The Hall–Kier alpha value is -2.78. The SMILES string of the molecule is OCCCc1ccc(NCc2cccc(Oc3ccccc3)c2)cc1. The van der Waals surface area contributed by atoms with Crippen LogP contribution in [0.5, 0.6) is 11.5 Å². The van der Waals surface area contributed by atoms with Crippen LogP contribution in [0.15, 0.2) is 78.9 Å². The van der Waals surface area contributed by atoms with Crippen LogP contribution in [0.2, 0.25) is 0 Å². The molecule has 3 heteroatoms. The van der Waals surface area contributed by atoms with E-state index in [0.29, 0.717) is 0 Å². The number of aryl methyl sites for hydroxylation is 1. The predicted molar refractivity (Wildman–Crippen MR) is 102 cm³/mol. The molecule has 0 bridgehead atoms. The second-order valence-electron chi connectivity index (χ2n) is 5.94. The summed E-state index contributed by atoms with van der Waals surface area (Å²) in [7, 11) is 0. The molecule has 25 heavy (non-hydrogen) atoms. The molecule has 0 radical (unpaired) electrons. The third-order valence-electron chi connectivity index (χ3n) is 3.95. The molecule has 0 aromatic heterocycles. The standard InChI is InChI=1S/C22H23NO2/c24-15-5-7-18-11-13-20(14-12-18)23-17-19-6-4-10-22(16-19)25-21-8-2-1-3-9-21/h1-4,6,8-14,16,23-24H,5,7,15,17H2. The molecular weight excluding hydrogens is 310 g/mol. The highest BCUT2D eigenvalue weighted by Gasteiger charge is 2.00. The fraction of sp³-hybridized carbons (Fsp3) is 0.182. The summed E-state index contributed by atoms with van der Waals surface area (Å²) < 4.78 is 5.88. The Kier molecular flexibility index (Phi) is 6.07. The molecule has 0 heterocycles. The number of aliphatic hydroxyl groups is 1. The summed E-state index contributed by atoms with van der Waals surface area (Å²) >= 11 is 0. The normalized spacial score (nSPS) is 10.4. The highest BCUT2D eigenvalue weighted by Crippen LogP contribution is 2.22. The number of aliphatic hydroxyl groups excluding tert-OH is 1. The highest BCUT2D eigenvalue weighted by atomic mass is 16.5. The van der Waals surface area contributed by atoms with Gasteiger partial charge in [-0.25, -0.2) is 0 Å². The summed E-state index contributed by atoms with van der Waals surface area (Å²) in [6.45, 7) is 0.976. The van der Waals surface area contributed by atoms with E-state index < -0.39 is 0 Å². The van der Waals surface area contributed by atoms with Crippen molar-refractivity contribution in [3.05, 3.63) is 90.0 Å². The zero-order valence-electron chi connectivity index (χ0n) is 14.2. The Morgan fingerprint density at radius 2 is 1.52 bits per heavy atom. The third-order valence-corrected chi connectivity index (χ3v) is 3.95. The van der Waals surface area contributed by atoms with E-state index in [1.54, 1.807) is 0 Å². The molecule has 2 N–H and O–H groups in total.